The van der Waals surface area contributed by atoms with Gasteiger partial charge in [-0.1, -0.05) is 19.9 Å². The topological polar surface area (TPSA) is 54.9 Å². The summed E-state index contributed by atoms with van der Waals surface area (Å²) in [5, 5.41) is 3.70. The van der Waals surface area contributed by atoms with Crippen LogP contribution in [0.1, 0.15) is 29.2 Å². The lowest BCUT2D eigenvalue weighted by Crippen LogP contribution is -2.27. The minimum Gasteiger partial charge on any atom is -0.351 e. The van der Waals surface area contributed by atoms with Crippen molar-refractivity contribution in [3.05, 3.63) is 35.0 Å². The van der Waals surface area contributed by atoms with Crippen molar-refractivity contribution in [2.45, 2.75) is 20.8 Å². The van der Waals surface area contributed by atoms with E-state index in [2.05, 4.69) is 29.1 Å². The first-order valence-corrected chi connectivity index (χ1v) is 7.06. The Labute approximate surface area is 116 Å². The van der Waals surface area contributed by atoms with Gasteiger partial charge >= 0.3 is 0 Å². The SMILES string of the molecule is Cc1nc(-c2ccccn2)sc1C(=O)NCC(C)C. The van der Waals surface area contributed by atoms with Gasteiger partial charge in [0, 0.05) is 12.7 Å². The maximum atomic E-state index is 12.1. The van der Waals surface area contributed by atoms with Crippen molar-refractivity contribution in [1.82, 2.24) is 15.3 Å². The highest BCUT2D eigenvalue weighted by atomic mass is 32.1. The first kappa shape index (κ1) is 13.7. The lowest BCUT2D eigenvalue weighted by Gasteiger charge is -2.05. The fourth-order valence-electron chi connectivity index (χ4n) is 1.58. The number of aromatic nitrogens is 2. The Morgan fingerprint density at radius 1 is 1.42 bits per heavy atom. The Hall–Kier alpha value is -1.75. The molecule has 19 heavy (non-hydrogen) atoms. The fraction of sp³-hybridized carbons (Fsp3) is 0.357. The van der Waals surface area contributed by atoms with Crippen molar-refractivity contribution in [1.29, 1.82) is 0 Å². The molecule has 1 amide bonds. The molecule has 0 fully saturated rings. The zero-order valence-corrected chi connectivity index (χ0v) is 12.1. The van der Waals surface area contributed by atoms with E-state index in [1.807, 2.05) is 25.1 Å². The van der Waals surface area contributed by atoms with Crippen LogP contribution in [-0.4, -0.2) is 22.4 Å². The van der Waals surface area contributed by atoms with E-state index in [9.17, 15) is 4.79 Å². The van der Waals surface area contributed by atoms with E-state index in [1.54, 1.807) is 6.20 Å². The van der Waals surface area contributed by atoms with Gasteiger partial charge in [0.15, 0.2) is 0 Å². The minimum atomic E-state index is -0.0501. The molecule has 0 aliphatic heterocycles. The first-order valence-electron chi connectivity index (χ1n) is 6.25. The molecule has 0 saturated heterocycles. The van der Waals surface area contributed by atoms with E-state index in [1.165, 1.54) is 11.3 Å². The average Bonchev–Trinajstić information content (AvgIpc) is 2.79. The lowest BCUT2D eigenvalue weighted by molar-refractivity contribution is 0.0952. The van der Waals surface area contributed by atoms with Gasteiger partial charge in [0.25, 0.3) is 5.91 Å². The van der Waals surface area contributed by atoms with Gasteiger partial charge in [-0.3, -0.25) is 9.78 Å². The summed E-state index contributed by atoms with van der Waals surface area (Å²) >= 11 is 1.39. The zero-order valence-electron chi connectivity index (χ0n) is 11.3. The summed E-state index contributed by atoms with van der Waals surface area (Å²) < 4.78 is 0. The van der Waals surface area contributed by atoms with E-state index in [4.69, 9.17) is 0 Å². The third-order valence-corrected chi connectivity index (χ3v) is 3.74. The highest BCUT2D eigenvalue weighted by Gasteiger charge is 2.16. The summed E-state index contributed by atoms with van der Waals surface area (Å²) in [6, 6.07) is 5.67. The number of carbonyl (C=O) groups excluding carboxylic acids is 1. The van der Waals surface area contributed by atoms with Crippen LogP contribution in [-0.2, 0) is 0 Å². The summed E-state index contributed by atoms with van der Waals surface area (Å²) in [7, 11) is 0. The highest BCUT2D eigenvalue weighted by molar-refractivity contribution is 7.17. The number of pyridine rings is 1. The Morgan fingerprint density at radius 2 is 2.21 bits per heavy atom. The van der Waals surface area contributed by atoms with E-state index in [0.29, 0.717) is 17.3 Å². The molecular weight excluding hydrogens is 258 g/mol. The zero-order chi connectivity index (χ0) is 13.8. The smallest absolute Gasteiger partial charge is 0.263 e. The summed E-state index contributed by atoms with van der Waals surface area (Å²) in [5.74, 6) is 0.387. The maximum absolute atomic E-state index is 12.1. The largest absolute Gasteiger partial charge is 0.351 e. The van der Waals surface area contributed by atoms with Crippen molar-refractivity contribution < 1.29 is 4.79 Å². The monoisotopic (exact) mass is 275 g/mol. The molecule has 2 heterocycles. The molecular formula is C14H17N3OS. The van der Waals surface area contributed by atoms with Crippen LogP contribution in [0.3, 0.4) is 0 Å². The van der Waals surface area contributed by atoms with E-state index in [0.717, 1.165) is 16.4 Å². The van der Waals surface area contributed by atoms with Crippen molar-refractivity contribution in [3.8, 4) is 10.7 Å². The summed E-state index contributed by atoms with van der Waals surface area (Å²) in [4.78, 5) is 21.4. The number of amides is 1. The van der Waals surface area contributed by atoms with Crippen LogP contribution in [0.15, 0.2) is 24.4 Å². The summed E-state index contributed by atoms with van der Waals surface area (Å²) in [5.41, 5.74) is 1.56. The van der Waals surface area contributed by atoms with Crippen molar-refractivity contribution in [2.24, 2.45) is 5.92 Å². The Balaban J connectivity index is 2.20. The van der Waals surface area contributed by atoms with Crippen LogP contribution in [0.25, 0.3) is 10.7 Å². The summed E-state index contributed by atoms with van der Waals surface area (Å²) in [6.07, 6.45) is 1.73. The lowest BCUT2D eigenvalue weighted by atomic mass is 10.2. The van der Waals surface area contributed by atoms with Gasteiger partial charge in [0.1, 0.15) is 9.88 Å². The van der Waals surface area contributed by atoms with Crippen LogP contribution < -0.4 is 5.32 Å². The van der Waals surface area contributed by atoms with Crippen LogP contribution >= 0.6 is 11.3 Å². The van der Waals surface area contributed by atoms with Crippen molar-refractivity contribution in [3.63, 3.8) is 0 Å². The molecule has 4 nitrogen and oxygen atoms in total. The molecule has 0 bridgehead atoms. The molecule has 0 atom stereocenters. The highest BCUT2D eigenvalue weighted by Crippen LogP contribution is 2.26. The number of aryl methyl sites for hydroxylation is 1. The second kappa shape index (κ2) is 5.93. The minimum absolute atomic E-state index is 0.0501. The third-order valence-electron chi connectivity index (χ3n) is 2.56. The van der Waals surface area contributed by atoms with E-state index < -0.39 is 0 Å². The number of rotatable bonds is 4. The molecule has 0 saturated carbocycles. The standard InChI is InChI=1S/C14H17N3OS/c1-9(2)8-16-13(18)12-10(3)17-14(19-12)11-6-4-5-7-15-11/h4-7,9H,8H2,1-3H3,(H,16,18). The van der Waals surface area contributed by atoms with Gasteiger partial charge < -0.3 is 5.32 Å². The average molecular weight is 275 g/mol. The molecule has 0 spiro atoms. The van der Waals surface area contributed by atoms with E-state index in [-0.39, 0.29) is 5.91 Å². The number of nitrogens with zero attached hydrogens (tertiary/aromatic N) is 2. The van der Waals surface area contributed by atoms with Crippen molar-refractivity contribution >= 4 is 17.2 Å². The van der Waals surface area contributed by atoms with Gasteiger partial charge in [-0.2, -0.15) is 0 Å². The van der Waals surface area contributed by atoms with Gasteiger partial charge in [-0.25, -0.2) is 4.98 Å². The van der Waals surface area contributed by atoms with Gasteiger partial charge in [0.05, 0.1) is 11.4 Å². The molecule has 2 aromatic rings. The van der Waals surface area contributed by atoms with Gasteiger partial charge in [0.2, 0.25) is 0 Å². The molecule has 1 N–H and O–H groups in total. The van der Waals surface area contributed by atoms with Crippen LogP contribution in [0.4, 0.5) is 0 Å². The molecule has 0 aromatic carbocycles. The molecule has 2 aromatic heterocycles. The molecule has 0 unspecified atom stereocenters. The number of nitrogens with one attached hydrogen (secondary N) is 1. The predicted molar refractivity (Wildman–Crippen MR) is 77.3 cm³/mol. The van der Waals surface area contributed by atoms with Crippen LogP contribution in [0, 0.1) is 12.8 Å². The molecule has 0 radical (unpaired) electrons. The van der Waals surface area contributed by atoms with Crippen LogP contribution in [0.5, 0.6) is 0 Å². The fourth-order valence-corrected chi connectivity index (χ4v) is 2.54. The number of thiazole rings is 1. The normalized spacial score (nSPS) is 10.7. The van der Waals surface area contributed by atoms with Crippen molar-refractivity contribution in [2.75, 3.05) is 6.54 Å². The second-order valence-electron chi connectivity index (χ2n) is 4.75. The molecule has 0 aliphatic rings. The van der Waals surface area contributed by atoms with E-state index >= 15 is 0 Å². The molecule has 100 valence electrons. The first-order chi connectivity index (χ1) is 9.08. The van der Waals surface area contributed by atoms with Gasteiger partial charge in [-0.05, 0) is 25.0 Å². The molecule has 0 aliphatic carbocycles. The summed E-state index contributed by atoms with van der Waals surface area (Å²) in [6.45, 7) is 6.67. The number of hydrogen-bond donors (Lipinski definition) is 1. The Bertz CT molecular complexity index is 563. The molecule has 5 heteroatoms. The maximum Gasteiger partial charge on any atom is 0.263 e. The van der Waals surface area contributed by atoms with Gasteiger partial charge in [-0.15, -0.1) is 11.3 Å². The quantitative estimate of drug-likeness (QED) is 0.933. The predicted octanol–water partition coefficient (Wildman–Crippen LogP) is 2.90. The van der Waals surface area contributed by atoms with Crippen LogP contribution in [0.2, 0.25) is 0 Å². The number of hydrogen-bond acceptors (Lipinski definition) is 4. The molecule has 2 rings (SSSR count). The third kappa shape index (κ3) is 3.38. The Morgan fingerprint density at radius 3 is 2.84 bits per heavy atom. The Kier molecular flexibility index (Phi) is 4.27. The number of carbonyl (C=O) groups is 1. The second-order valence-corrected chi connectivity index (χ2v) is 5.75.